The van der Waals surface area contributed by atoms with Gasteiger partial charge in [0.1, 0.15) is 5.69 Å². The number of anilines is 1. The van der Waals surface area contributed by atoms with Gasteiger partial charge in [0.15, 0.2) is 0 Å². The molecule has 0 aliphatic carbocycles. The van der Waals surface area contributed by atoms with Crippen molar-refractivity contribution in [1.29, 1.82) is 0 Å². The molecule has 2 aromatic rings. The molecule has 0 radical (unpaired) electrons. The van der Waals surface area contributed by atoms with Crippen LogP contribution in [-0.2, 0) is 9.59 Å². The van der Waals surface area contributed by atoms with Crippen LogP contribution in [-0.4, -0.2) is 41.7 Å². The molecule has 154 valence electrons. The van der Waals surface area contributed by atoms with E-state index in [-0.39, 0.29) is 18.0 Å². The number of rotatable bonds is 10. The first kappa shape index (κ1) is 22.7. The number of nitrogens with zero attached hydrogens (tertiary/aromatic N) is 1. The van der Waals surface area contributed by atoms with E-state index in [0.29, 0.717) is 24.2 Å². The van der Waals surface area contributed by atoms with Crippen molar-refractivity contribution < 1.29 is 14.4 Å². The molecule has 0 saturated carbocycles. The third kappa shape index (κ3) is 7.04. The zero-order chi connectivity index (χ0) is 21.2. The van der Waals surface area contributed by atoms with Gasteiger partial charge in [-0.25, -0.2) is 0 Å². The minimum atomic E-state index is -0.689. The predicted octanol–water partition coefficient (Wildman–Crippen LogP) is 1.59. The van der Waals surface area contributed by atoms with E-state index in [0.717, 1.165) is 17.3 Å². The lowest BCUT2D eigenvalue weighted by atomic mass is 10.1. The minimum Gasteiger partial charge on any atom is -0.346 e. The Kier molecular flexibility index (Phi) is 8.91. The molecule has 29 heavy (non-hydrogen) atoms. The van der Waals surface area contributed by atoms with E-state index in [1.807, 2.05) is 0 Å². The fourth-order valence-electron chi connectivity index (χ4n) is 2.59. The standard InChI is InChI=1S/C20H24BrN5O3/c21-13-8-10-24-17(11-13)19(28)14-5-1-2-7-16(14)26-18(27)12-25-20(29)15(23)6-3-4-9-22/h1-2,5,7-8,10-11,15H,3-4,6,9,12,22-23H2,(H,25,29)(H,26,27)/t15-/m0/s1. The summed E-state index contributed by atoms with van der Waals surface area (Å²) in [5, 5.41) is 5.16. The fraction of sp³-hybridized carbons (Fsp3) is 0.300. The molecule has 2 amide bonds. The summed E-state index contributed by atoms with van der Waals surface area (Å²) in [6, 6.07) is 9.25. The van der Waals surface area contributed by atoms with Crippen LogP contribution >= 0.6 is 15.9 Å². The number of nitrogens with one attached hydrogen (secondary N) is 2. The summed E-state index contributed by atoms with van der Waals surface area (Å²) in [6.07, 6.45) is 3.56. The van der Waals surface area contributed by atoms with Crippen molar-refractivity contribution in [3.8, 4) is 0 Å². The molecule has 0 aliphatic rings. The predicted molar refractivity (Wildman–Crippen MR) is 114 cm³/mol. The number of nitrogens with two attached hydrogens (primary N) is 2. The van der Waals surface area contributed by atoms with Gasteiger partial charge < -0.3 is 22.1 Å². The van der Waals surface area contributed by atoms with E-state index in [9.17, 15) is 14.4 Å². The van der Waals surface area contributed by atoms with Crippen molar-refractivity contribution in [1.82, 2.24) is 10.3 Å². The van der Waals surface area contributed by atoms with E-state index in [1.54, 1.807) is 36.4 Å². The van der Waals surface area contributed by atoms with Gasteiger partial charge in [0, 0.05) is 16.2 Å². The molecule has 6 N–H and O–H groups in total. The third-order valence-electron chi connectivity index (χ3n) is 4.13. The summed E-state index contributed by atoms with van der Waals surface area (Å²) >= 11 is 3.31. The smallest absolute Gasteiger partial charge is 0.243 e. The summed E-state index contributed by atoms with van der Waals surface area (Å²) in [5.41, 5.74) is 12.1. The zero-order valence-electron chi connectivity index (χ0n) is 15.9. The van der Waals surface area contributed by atoms with Gasteiger partial charge in [-0.15, -0.1) is 0 Å². The lowest BCUT2D eigenvalue weighted by molar-refractivity contribution is -0.125. The van der Waals surface area contributed by atoms with Crippen LogP contribution in [0.15, 0.2) is 47.1 Å². The van der Waals surface area contributed by atoms with Gasteiger partial charge in [-0.05, 0) is 43.7 Å². The molecule has 0 bridgehead atoms. The summed E-state index contributed by atoms with van der Waals surface area (Å²) in [7, 11) is 0. The van der Waals surface area contributed by atoms with Crippen LogP contribution in [0.2, 0.25) is 0 Å². The maximum absolute atomic E-state index is 12.8. The summed E-state index contributed by atoms with van der Waals surface area (Å²) in [6.45, 7) is 0.297. The van der Waals surface area contributed by atoms with Crippen LogP contribution in [0, 0.1) is 0 Å². The van der Waals surface area contributed by atoms with E-state index >= 15 is 0 Å². The second-order valence-electron chi connectivity index (χ2n) is 6.39. The Morgan fingerprint density at radius 2 is 1.90 bits per heavy atom. The summed E-state index contributed by atoms with van der Waals surface area (Å²) in [5.74, 6) is -1.19. The third-order valence-corrected chi connectivity index (χ3v) is 4.62. The fourth-order valence-corrected chi connectivity index (χ4v) is 2.92. The van der Waals surface area contributed by atoms with Gasteiger partial charge in [-0.3, -0.25) is 19.4 Å². The highest BCUT2D eigenvalue weighted by Gasteiger charge is 2.18. The number of ketones is 1. The molecule has 8 nitrogen and oxygen atoms in total. The number of benzene rings is 1. The van der Waals surface area contributed by atoms with Crippen LogP contribution in [0.4, 0.5) is 5.69 Å². The second-order valence-corrected chi connectivity index (χ2v) is 7.31. The Morgan fingerprint density at radius 3 is 2.62 bits per heavy atom. The number of halogens is 1. The van der Waals surface area contributed by atoms with Gasteiger partial charge in [0.2, 0.25) is 17.6 Å². The lowest BCUT2D eigenvalue weighted by Gasteiger charge is -2.13. The van der Waals surface area contributed by atoms with E-state index < -0.39 is 17.9 Å². The highest BCUT2D eigenvalue weighted by molar-refractivity contribution is 9.10. The van der Waals surface area contributed by atoms with E-state index in [2.05, 4.69) is 31.5 Å². The lowest BCUT2D eigenvalue weighted by Crippen LogP contribution is -2.43. The Balaban J connectivity index is 1.97. The first-order chi connectivity index (χ1) is 13.9. The maximum Gasteiger partial charge on any atom is 0.243 e. The number of para-hydroxylation sites is 1. The number of pyridine rings is 1. The molecule has 1 heterocycles. The van der Waals surface area contributed by atoms with E-state index in [1.165, 1.54) is 6.20 Å². The molecule has 1 atom stereocenters. The van der Waals surface area contributed by atoms with Gasteiger partial charge in [-0.2, -0.15) is 0 Å². The first-order valence-electron chi connectivity index (χ1n) is 9.21. The average Bonchev–Trinajstić information content (AvgIpc) is 2.72. The van der Waals surface area contributed by atoms with Crippen molar-refractivity contribution in [3.05, 3.63) is 58.3 Å². The maximum atomic E-state index is 12.8. The Labute approximate surface area is 177 Å². The number of hydrogen-bond donors (Lipinski definition) is 4. The van der Waals surface area contributed by atoms with Crippen molar-refractivity contribution in [2.24, 2.45) is 11.5 Å². The van der Waals surface area contributed by atoms with Crippen molar-refractivity contribution >= 4 is 39.2 Å². The number of amides is 2. The molecule has 2 rings (SSSR count). The van der Waals surface area contributed by atoms with Crippen LogP contribution in [0.5, 0.6) is 0 Å². The highest BCUT2D eigenvalue weighted by Crippen LogP contribution is 2.20. The van der Waals surface area contributed by atoms with E-state index in [4.69, 9.17) is 11.5 Å². The van der Waals surface area contributed by atoms with Gasteiger partial charge in [-0.1, -0.05) is 34.5 Å². The number of carbonyl (C=O) groups excluding carboxylic acids is 3. The SMILES string of the molecule is NCCCC[C@H](N)C(=O)NCC(=O)Nc1ccccc1C(=O)c1cc(Br)ccn1. The van der Waals surface area contributed by atoms with Crippen LogP contribution in [0.3, 0.4) is 0 Å². The first-order valence-corrected chi connectivity index (χ1v) is 10.00. The van der Waals surface area contributed by atoms with Crippen molar-refractivity contribution in [3.63, 3.8) is 0 Å². The van der Waals surface area contributed by atoms with Gasteiger partial charge in [0.25, 0.3) is 0 Å². The molecule has 1 aromatic heterocycles. The zero-order valence-corrected chi connectivity index (χ0v) is 17.4. The Hall–Kier alpha value is -2.62. The van der Waals surface area contributed by atoms with Gasteiger partial charge >= 0.3 is 0 Å². The molecule has 0 aliphatic heterocycles. The summed E-state index contributed by atoms with van der Waals surface area (Å²) in [4.78, 5) is 41.0. The van der Waals surface area contributed by atoms with Crippen LogP contribution < -0.4 is 22.1 Å². The van der Waals surface area contributed by atoms with Crippen LogP contribution in [0.1, 0.15) is 35.3 Å². The average molecular weight is 462 g/mol. The molecule has 0 fully saturated rings. The minimum absolute atomic E-state index is 0.248. The number of hydrogen-bond acceptors (Lipinski definition) is 6. The topological polar surface area (TPSA) is 140 Å². The highest BCUT2D eigenvalue weighted by atomic mass is 79.9. The van der Waals surface area contributed by atoms with Crippen LogP contribution in [0.25, 0.3) is 0 Å². The molecule has 0 saturated heterocycles. The summed E-state index contributed by atoms with van der Waals surface area (Å²) < 4.78 is 0.725. The molecule has 1 aromatic carbocycles. The van der Waals surface area contributed by atoms with Gasteiger partial charge in [0.05, 0.1) is 18.3 Å². The monoisotopic (exact) mass is 461 g/mol. The molecular formula is C20H24BrN5O3. The largest absolute Gasteiger partial charge is 0.346 e. The Morgan fingerprint density at radius 1 is 1.14 bits per heavy atom. The second kappa shape index (κ2) is 11.4. The quantitative estimate of drug-likeness (QED) is 0.312. The molecule has 0 unspecified atom stereocenters. The number of unbranched alkanes of at least 4 members (excludes halogenated alkanes) is 1. The number of carbonyl (C=O) groups is 3. The molecular weight excluding hydrogens is 438 g/mol. The molecule has 0 spiro atoms. The van der Waals surface area contributed by atoms with Crippen molar-refractivity contribution in [2.45, 2.75) is 25.3 Å². The molecule has 9 heteroatoms. The number of aromatic nitrogens is 1. The Bertz CT molecular complexity index is 875. The van der Waals surface area contributed by atoms with Crippen molar-refractivity contribution in [2.75, 3.05) is 18.4 Å². The normalized spacial score (nSPS) is 11.6.